The molecule has 1 atom stereocenters. The Morgan fingerprint density at radius 2 is 1.96 bits per heavy atom. The molecule has 1 N–H and O–H groups in total. The Hall–Kier alpha value is -2.44. The number of nitro groups is 1. The number of rotatable bonds is 5. The molecule has 24 heavy (non-hydrogen) atoms. The van der Waals surface area contributed by atoms with Crippen molar-refractivity contribution in [3.05, 3.63) is 39.4 Å². The molecule has 1 aromatic carbocycles. The van der Waals surface area contributed by atoms with Crippen LogP contribution >= 0.6 is 0 Å². The summed E-state index contributed by atoms with van der Waals surface area (Å²) in [6, 6.07) is 3.45. The van der Waals surface area contributed by atoms with Crippen LogP contribution in [0, 0.1) is 16.0 Å². The van der Waals surface area contributed by atoms with Crippen LogP contribution in [0.1, 0.15) is 60.2 Å². The van der Waals surface area contributed by atoms with Gasteiger partial charge in [-0.1, -0.05) is 13.8 Å². The molecule has 0 aliphatic carbocycles. The minimum absolute atomic E-state index is 0.0669. The van der Waals surface area contributed by atoms with E-state index in [0.29, 0.717) is 12.5 Å². The van der Waals surface area contributed by atoms with Crippen molar-refractivity contribution < 1.29 is 19.6 Å². The number of piperidine rings is 1. The number of amides is 1. The van der Waals surface area contributed by atoms with Gasteiger partial charge in [0.2, 0.25) is 0 Å². The highest BCUT2D eigenvalue weighted by atomic mass is 16.6. The van der Waals surface area contributed by atoms with Gasteiger partial charge in [0.05, 0.1) is 10.5 Å². The van der Waals surface area contributed by atoms with E-state index < -0.39 is 10.9 Å². The molecule has 1 aromatic rings. The molecule has 0 saturated carbocycles. The van der Waals surface area contributed by atoms with Crippen LogP contribution in [0.15, 0.2) is 18.2 Å². The zero-order valence-electron chi connectivity index (χ0n) is 13.9. The van der Waals surface area contributed by atoms with Crippen molar-refractivity contribution in [3.63, 3.8) is 0 Å². The second kappa shape index (κ2) is 7.42. The number of benzene rings is 1. The van der Waals surface area contributed by atoms with Gasteiger partial charge in [-0.05, 0) is 37.7 Å². The average molecular weight is 334 g/mol. The first-order valence-corrected chi connectivity index (χ1v) is 8.13. The lowest BCUT2D eigenvalue weighted by atomic mass is 9.93. The number of likely N-dealkylation sites (tertiary alicyclic amines) is 1. The third kappa shape index (κ3) is 4.10. The van der Waals surface area contributed by atoms with E-state index in [9.17, 15) is 19.7 Å². The van der Waals surface area contributed by atoms with Crippen LogP contribution in [0.4, 0.5) is 5.69 Å². The normalized spacial score (nSPS) is 17.8. The number of carbonyl (C=O) groups is 2. The second-order valence-electron chi connectivity index (χ2n) is 6.61. The van der Waals surface area contributed by atoms with Crippen molar-refractivity contribution in [1.29, 1.82) is 0 Å². The molecule has 130 valence electrons. The van der Waals surface area contributed by atoms with Gasteiger partial charge in [0, 0.05) is 30.3 Å². The van der Waals surface area contributed by atoms with E-state index in [-0.39, 0.29) is 28.8 Å². The van der Waals surface area contributed by atoms with Gasteiger partial charge < -0.3 is 10.0 Å². The molecule has 0 spiro atoms. The van der Waals surface area contributed by atoms with Crippen LogP contribution in [0.25, 0.3) is 0 Å². The summed E-state index contributed by atoms with van der Waals surface area (Å²) in [6.45, 7) is 4.78. The fraction of sp³-hybridized carbons (Fsp3) is 0.529. The SMILES string of the molecule is CC(C)CC1CCCCN1C(=O)c1cc(C(=O)O)cc([N+](=O)[O-])c1. The lowest BCUT2D eigenvalue weighted by molar-refractivity contribution is -0.384. The third-order valence-electron chi connectivity index (χ3n) is 4.25. The average Bonchev–Trinajstić information content (AvgIpc) is 2.53. The first-order chi connectivity index (χ1) is 11.3. The van der Waals surface area contributed by atoms with Crippen molar-refractivity contribution in [3.8, 4) is 0 Å². The fourth-order valence-corrected chi connectivity index (χ4v) is 3.19. The maximum Gasteiger partial charge on any atom is 0.335 e. The van der Waals surface area contributed by atoms with E-state index >= 15 is 0 Å². The molecule has 0 aromatic heterocycles. The van der Waals surface area contributed by atoms with E-state index in [1.54, 1.807) is 4.90 Å². The molecule has 0 bridgehead atoms. The molecule has 1 amide bonds. The molecule has 1 aliphatic rings. The Morgan fingerprint density at radius 1 is 1.29 bits per heavy atom. The topological polar surface area (TPSA) is 101 Å². The third-order valence-corrected chi connectivity index (χ3v) is 4.25. The lowest BCUT2D eigenvalue weighted by Gasteiger charge is -2.37. The summed E-state index contributed by atoms with van der Waals surface area (Å²) in [6.07, 6.45) is 3.72. The van der Waals surface area contributed by atoms with Gasteiger partial charge in [0.15, 0.2) is 0 Å². The van der Waals surface area contributed by atoms with E-state index in [2.05, 4.69) is 13.8 Å². The summed E-state index contributed by atoms with van der Waals surface area (Å²) < 4.78 is 0. The molecule has 1 heterocycles. The standard InChI is InChI=1S/C17H22N2O5/c1-11(2)7-14-5-3-4-6-18(14)16(20)12-8-13(17(21)22)10-15(9-12)19(23)24/h8-11,14H,3-7H2,1-2H3,(H,21,22). The highest BCUT2D eigenvalue weighted by Crippen LogP contribution is 2.26. The van der Waals surface area contributed by atoms with E-state index in [4.69, 9.17) is 5.11 Å². The van der Waals surface area contributed by atoms with E-state index in [0.717, 1.165) is 37.8 Å². The summed E-state index contributed by atoms with van der Waals surface area (Å²) in [5.41, 5.74) is -0.558. The highest BCUT2D eigenvalue weighted by Gasteiger charge is 2.29. The molecular weight excluding hydrogens is 312 g/mol. The maximum absolute atomic E-state index is 12.9. The second-order valence-corrected chi connectivity index (χ2v) is 6.61. The van der Waals surface area contributed by atoms with E-state index in [1.165, 1.54) is 6.07 Å². The Balaban J connectivity index is 2.36. The molecule has 7 nitrogen and oxygen atoms in total. The Kier molecular flexibility index (Phi) is 5.54. The molecule has 7 heteroatoms. The first kappa shape index (κ1) is 17.9. The highest BCUT2D eigenvalue weighted by molar-refractivity contribution is 5.98. The van der Waals surface area contributed by atoms with Crippen LogP contribution in [0.5, 0.6) is 0 Å². The summed E-state index contributed by atoms with van der Waals surface area (Å²) in [5, 5.41) is 20.2. The number of aromatic carboxylic acids is 1. The Bertz CT molecular complexity index is 624. The number of carboxylic acid groups (broad SMARTS) is 1. The van der Waals surface area contributed by atoms with Crippen molar-refractivity contribution in [2.24, 2.45) is 5.92 Å². The quantitative estimate of drug-likeness (QED) is 0.657. The Labute approximate surface area is 140 Å². The smallest absolute Gasteiger partial charge is 0.335 e. The molecule has 1 saturated heterocycles. The van der Waals surface area contributed by atoms with Gasteiger partial charge in [-0.15, -0.1) is 0 Å². The zero-order chi connectivity index (χ0) is 17.9. The van der Waals surface area contributed by atoms with Gasteiger partial charge in [-0.25, -0.2) is 4.79 Å². The van der Waals surface area contributed by atoms with E-state index in [1.807, 2.05) is 0 Å². The molecule has 2 rings (SSSR count). The first-order valence-electron chi connectivity index (χ1n) is 8.13. The lowest BCUT2D eigenvalue weighted by Crippen LogP contribution is -2.44. The number of hydrogen-bond donors (Lipinski definition) is 1. The number of non-ortho nitro benzene ring substituents is 1. The zero-order valence-corrected chi connectivity index (χ0v) is 13.9. The summed E-state index contributed by atoms with van der Waals surface area (Å²) in [7, 11) is 0. The maximum atomic E-state index is 12.9. The van der Waals surface area contributed by atoms with Gasteiger partial charge in [0.1, 0.15) is 0 Å². The molecule has 1 unspecified atom stereocenters. The van der Waals surface area contributed by atoms with Gasteiger partial charge in [-0.2, -0.15) is 0 Å². The number of nitrogens with zero attached hydrogens (tertiary/aromatic N) is 2. The van der Waals surface area contributed by atoms with Crippen molar-refractivity contribution >= 4 is 17.6 Å². The minimum atomic E-state index is -1.29. The summed E-state index contributed by atoms with van der Waals surface area (Å²) >= 11 is 0. The number of nitro benzene ring substituents is 1. The van der Waals surface area contributed by atoms with Crippen LogP contribution in [0.2, 0.25) is 0 Å². The number of carbonyl (C=O) groups excluding carboxylic acids is 1. The predicted molar refractivity (Wildman–Crippen MR) is 88.2 cm³/mol. The molecule has 0 radical (unpaired) electrons. The summed E-state index contributed by atoms with van der Waals surface area (Å²) in [5.74, 6) is -1.18. The predicted octanol–water partition coefficient (Wildman–Crippen LogP) is 3.33. The molecule has 1 aliphatic heterocycles. The monoisotopic (exact) mass is 334 g/mol. The van der Waals surface area contributed by atoms with Crippen molar-refractivity contribution in [2.75, 3.05) is 6.54 Å². The Morgan fingerprint density at radius 3 is 2.54 bits per heavy atom. The van der Waals surface area contributed by atoms with Crippen LogP contribution in [-0.4, -0.2) is 39.4 Å². The summed E-state index contributed by atoms with van der Waals surface area (Å²) in [4.78, 5) is 36.1. The van der Waals surface area contributed by atoms with Gasteiger partial charge in [-0.3, -0.25) is 14.9 Å². The van der Waals surface area contributed by atoms with Gasteiger partial charge in [0.25, 0.3) is 11.6 Å². The van der Waals surface area contributed by atoms with Crippen molar-refractivity contribution in [2.45, 2.75) is 45.6 Å². The number of hydrogen-bond acceptors (Lipinski definition) is 4. The van der Waals surface area contributed by atoms with Gasteiger partial charge >= 0.3 is 5.97 Å². The van der Waals surface area contributed by atoms with Crippen LogP contribution in [0.3, 0.4) is 0 Å². The molecule has 1 fully saturated rings. The minimum Gasteiger partial charge on any atom is -0.478 e. The van der Waals surface area contributed by atoms with Crippen LogP contribution in [-0.2, 0) is 0 Å². The molecular formula is C17H22N2O5. The largest absolute Gasteiger partial charge is 0.478 e. The van der Waals surface area contributed by atoms with Crippen LogP contribution < -0.4 is 0 Å². The van der Waals surface area contributed by atoms with Crippen molar-refractivity contribution in [1.82, 2.24) is 4.90 Å². The fourth-order valence-electron chi connectivity index (χ4n) is 3.19. The number of carboxylic acids is 1.